The minimum atomic E-state index is -0.248. The molecule has 0 aliphatic rings. The number of carbonyl (C=O) groups excluding carboxylic acids is 1. The molecule has 0 radical (unpaired) electrons. The molecule has 1 aromatic heterocycles. The summed E-state index contributed by atoms with van der Waals surface area (Å²) in [5.74, 6) is 2.00. The predicted octanol–water partition coefficient (Wildman–Crippen LogP) is 2.79. The van der Waals surface area contributed by atoms with Gasteiger partial charge in [0, 0.05) is 11.6 Å². The van der Waals surface area contributed by atoms with Crippen LogP contribution in [0, 0.1) is 6.92 Å². The van der Waals surface area contributed by atoms with E-state index in [9.17, 15) is 4.79 Å². The van der Waals surface area contributed by atoms with Crippen LogP contribution in [-0.4, -0.2) is 36.1 Å². The highest BCUT2D eigenvalue weighted by Crippen LogP contribution is 2.28. The number of hydrogen-bond donors (Lipinski definition) is 2. The van der Waals surface area contributed by atoms with Crippen molar-refractivity contribution in [2.75, 3.05) is 19.5 Å². The number of methoxy groups -OCH3 is 2. The lowest BCUT2D eigenvalue weighted by Gasteiger charge is -2.14. The maximum atomic E-state index is 12.0. The van der Waals surface area contributed by atoms with Crippen LogP contribution in [0.1, 0.15) is 25.0 Å². The highest BCUT2D eigenvalue weighted by molar-refractivity contribution is 5.89. The minimum Gasteiger partial charge on any atom is -0.493 e. The molecule has 0 aliphatic heterocycles. The number of nitrogens with zero attached hydrogens (tertiary/aromatic N) is 2. The third-order valence-electron chi connectivity index (χ3n) is 3.45. The lowest BCUT2D eigenvalue weighted by Crippen LogP contribution is -2.35. The molecule has 1 aromatic carbocycles. The summed E-state index contributed by atoms with van der Waals surface area (Å²) in [6.45, 7) is 6.23. The number of hydrogen-bond acceptors (Lipinski definition) is 4. The second-order valence-electron chi connectivity index (χ2n) is 5.78. The maximum absolute atomic E-state index is 12.0. The number of ether oxygens (including phenoxy) is 2. The molecule has 2 amide bonds. The van der Waals surface area contributed by atoms with Crippen LogP contribution < -0.4 is 20.1 Å². The Bertz CT molecular complexity index is 710. The van der Waals surface area contributed by atoms with E-state index < -0.39 is 0 Å². The van der Waals surface area contributed by atoms with Crippen LogP contribution in [0.5, 0.6) is 11.5 Å². The zero-order valence-electron chi connectivity index (χ0n) is 14.7. The van der Waals surface area contributed by atoms with Crippen LogP contribution in [0.2, 0.25) is 0 Å². The van der Waals surface area contributed by atoms with Gasteiger partial charge in [0.05, 0.1) is 27.0 Å². The van der Waals surface area contributed by atoms with Crippen molar-refractivity contribution in [3.8, 4) is 11.5 Å². The number of amides is 2. The SMILES string of the molecule is COc1ccc(Cn2ncc(C)c2NC(=O)NC(C)C)cc1OC. The fraction of sp³-hybridized carbons (Fsp3) is 0.412. The van der Waals surface area contributed by atoms with Crippen LogP contribution in [0.3, 0.4) is 0 Å². The van der Waals surface area contributed by atoms with Gasteiger partial charge in [0.2, 0.25) is 0 Å². The summed E-state index contributed by atoms with van der Waals surface area (Å²) in [6, 6.07) is 5.50. The Kier molecular flexibility index (Phi) is 5.68. The van der Waals surface area contributed by atoms with Gasteiger partial charge in [-0.1, -0.05) is 6.07 Å². The summed E-state index contributed by atoms with van der Waals surface area (Å²) >= 11 is 0. The highest BCUT2D eigenvalue weighted by Gasteiger charge is 2.13. The molecule has 2 aromatic rings. The fourth-order valence-corrected chi connectivity index (χ4v) is 2.32. The van der Waals surface area contributed by atoms with Gasteiger partial charge in [0.15, 0.2) is 11.5 Å². The van der Waals surface area contributed by atoms with Gasteiger partial charge < -0.3 is 14.8 Å². The Labute approximate surface area is 142 Å². The molecule has 0 spiro atoms. The van der Waals surface area contributed by atoms with Crippen molar-refractivity contribution in [3.05, 3.63) is 35.5 Å². The Morgan fingerprint density at radius 1 is 1.25 bits per heavy atom. The Hall–Kier alpha value is -2.70. The average molecular weight is 332 g/mol. The Morgan fingerprint density at radius 2 is 1.96 bits per heavy atom. The van der Waals surface area contributed by atoms with Crippen molar-refractivity contribution in [2.45, 2.75) is 33.4 Å². The highest BCUT2D eigenvalue weighted by atomic mass is 16.5. The van der Waals surface area contributed by atoms with Crippen molar-refractivity contribution in [2.24, 2.45) is 0 Å². The van der Waals surface area contributed by atoms with Crippen molar-refractivity contribution >= 4 is 11.8 Å². The van der Waals surface area contributed by atoms with E-state index in [2.05, 4.69) is 15.7 Å². The van der Waals surface area contributed by atoms with Crippen LogP contribution >= 0.6 is 0 Å². The molecule has 7 heteroatoms. The molecule has 24 heavy (non-hydrogen) atoms. The number of carbonyl (C=O) groups is 1. The van der Waals surface area contributed by atoms with Gasteiger partial charge in [-0.15, -0.1) is 0 Å². The summed E-state index contributed by atoms with van der Waals surface area (Å²) < 4.78 is 12.3. The topological polar surface area (TPSA) is 77.4 Å². The van der Waals surface area contributed by atoms with Gasteiger partial charge in [-0.3, -0.25) is 5.32 Å². The van der Waals surface area contributed by atoms with Crippen LogP contribution in [-0.2, 0) is 6.54 Å². The van der Waals surface area contributed by atoms with E-state index in [1.165, 1.54) is 0 Å². The lowest BCUT2D eigenvalue weighted by molar-refractivity contribution is 0.249. The summed E-state index contributed by atoms with van der Waals surface area (Å²) in [7, 11) is 3.20. The van der Waals surface area contributed by atoms with E-state index in [0.717, 1.165) is 11.1 Å². The van der Waals surface area contributed by atoms with E-state index in [0.29, 0.717) is 23.9 Å². The molecule has 1 heterocycles. The molecule has 2 rings (SSSR count). The molecule has 0 saturated heterocycles. The fourth-order valence-electron chi connectivity index (χ4n) is 2.32. The van der Waals surface area contributed by atoms with Crippen molar-refractivity contribution in [1.82, 2.24) is 15.1 Å². The molecule has 0 aliphatic carbocycles. The van der Waals surface area contributed by atoms with Crippen LogP contribution in [0.15, 0.2) is 24.4 Å². The van der Waals surface area contributed by atoms with Crippen molar-refractivity contribution < 1.29 is 14.3 Å². The zero-order valence-corrected chi connectivity index (χ0v) is 14.7. The van der Waals surface area contributed by atoms with Gasteiger partial charge in [0.25, 0.3) is 0 Å². The minimum absolute atomic E-state index is 0.0625. The van der Waals surface area contributed by atoms with Crippen molar-refractivity contribution in [1.29, 1.82) is 0 Å². The number of aryl methyl sites for hydroxylation is 1. The van der Waals surface area contributed by atoms with Gasteiger partial charge >= 0.3 is 6.03 Å². The molecule has 0 fully saturated rings. The largest absolute Gasteiger partial charge is 0.493 e. The molecule has 130 valence electrons. The first-order valence-corrected chi connectivity index (χ1v) is 7.75. The van der Waals surface area contributed by atoms with Gasteiger partial charge in [-0.2, -0.15) is 5.10 Å². The predicted molar refractivity (Wildman–Crippen MR) is 92.9 cm³/mol. The first kappa shape index (κ1) is 17.7. The number of nitrogens with one attached hydrogen (secondary N) is 2. The second-order valence-corrected chi connectivity index (χ2v) is 5.78. The standard InChI is InChI=1S/C17H24N4O3/c1-11(2)19-17(22)20-16-12(3)9-18-21(16)10-13-6-7-14(23-4)15(8-13)24-5/h6-9,11H,10H2,1-5H3,(H2,19,20,22). The monoisotopic (exact) mass is 332 g/mol. The molecule has 7 nitrogen and oxygen atoms in total. The average Bonchev–Trinajstić information content (AvgIpc) is 2.87. The smallest absolute Gasteiger partial charge is 0.320 e. The Balaban J connectivity index is 2.20. The molecule has 0 unspecified atom stereocenters. The van der Waals surface area contributed by atoms with E-state index in [1.807, 2.05) is 39.0 Å². The summed E-state index contributed by atoms with van der Waals surface area (Å²) in [6.07, 6.45) is 1.73. The van der Waals surface area contributed by atoms with E-state index in [4.69, 9.17) is 9.47 Å². The number of anilines is 1. The number of benzene rings is 1. The quantitative estimate of drug-likeness (QED) is 0.853. The van der Waals surface area contributed by atoms with E-state index in [-0.39, 0.29) is 12.1 Å². The van der Waals surface area contributed by atoms with Crippen molar-refractivity contribution in [3.63, 3.8) is 0 Å². The summed E-state index contributed by atoms with van der Waals surface area (Å²) in [5.41, 5.74) is 1.89. The summed E-state index contributed by atoms with van der Waals surface area (Å²) in [4.78, 5) is 12.0. The zero-order chi connectivity index (χ0) is 17.7. The number of aromatic nitrogens is 2. The first-order chi connectivity index (χ1) is 11.4. The molecular weight excluding hydrogens is 308 g/mol. The lowest BCUT2D eigenvalue weighted by atomic mass is 10.2. The third-order valence-corrected chi connectivity index (χ3v) is 3.45. The molecular formula is C17H24N4O3. The molecule has 2 N–H and O–H groups in total. The third kappa shape index (κ3) is 4.18. The maximum Gasteiger partial charge on any atom is 0.320 e. The van der Waals surface area contributed by atoms with Crippen LogP contribution in [0.4, 0.5) is 10.6 Å². The number of urea groups is 1. The second kappa shape index (κ2) is 7.72. The normalized spacial score (nSPS) is 10.6. The van der Waals surface area contributed by atoms with E-state index >= 15 is 0 Å². The van der Waals surface area contributed by atoms with Crippen LogP contribution in [0.25, 0.3) is 0 Å². The number of rotatable bonds is 6. The Morgan fingerprint density at radius 3 is 2.58 bits per heavy atom. The van der Waals surface area contributed by atoms with Gasteiger partial charge in [-0.05, 0) is 38.5 Å². The van der Waals surface area contributed by atoms with E-state index in [1.54, 1.807) is 25.1 Å². The molecule has 0 saturated carbocycles. The van der Waals surface area contributed by atoms with Gasteiger partial charge in [0.1, 0.15) is 5.82 Å². The van der Waals surface area contributed by atoms with Gasteiger partial charge in [-0.25, -0.2) is 9.48 Å². The molecule has 0 bridgehead atoms. The summed E-state index contributed by atoms with van der Waals surface area (Å²) in [5, 5.41) is 10.0. The molecule has 0 atom stereocenters. The first-order valence-electron chi connectivity index (χ1n) is 7.75.